The predicted molar refractivity (Wildman–Crippen MR) is 126 cm³/mol. The van der Waals surface area contributed by atoms with E-state index in [1.807, 2.05) is 41.8 Å². The van der Waals surface area contributed by atoms with Crippen molar-refractivity contribution in [3.63, 3.8) is 0 Å². The number of allylic oxidation sites excluding steroid dienone is 1. The minimum atomic E-state index is -0.0581. The van der Waals surface area contributed by atoms with E-state index in [4.69, 9.17) is 19.4 Å². The molecule has 31 heavy (non-hydrogen) atoms. The molecule has 0 aliphatic heterocycles. The topological polar surface area (TPSA) is 66.2 Å². The Morgan fingerprint density at radius 3 is 2.71 bits per heavy atom. The number of thiazole rings is 1. The summed E-state index contributed by atoms with van der Waals surface area (Å²) < 4.78 is 12.4. The number of para-hydroxylation sites is 1. The third-order valence-corrected chi connectivity index (χ3v) is 6.62. The van der Waals surface area contributed by atoms with Crippen LogP contribution in [0.1, 0.15) is 5.69 Å². The average Bonchev–Trinajstić information content (AvgIpc) is 3.28. The lowest BCUT2D eigenvalue weighted by molar-refractivity contribution is 0.355. The molecule has 0 atom stereocenters. The highest BCUT2D eigenvalue weighted by molar-refractivity contribution is 7.98. The Morgan fingerprint density at radius 1 is 1.13 bits per heavy atom. The van der Waals surface area contributed by atoms with E-state index in [2.05, 4.69) is 6.58 Å². The van der Waals surface area contributed by atoms with E-state index in [0.717, 1.165) is 16.3 Å². The van der Waals surface area contributed by atoms with Gasteiger partial charge >= 0.3 is 0 Å². The Balaban J connectivity index is 1.59. The number of fused-ring (bicyclic) bond motifs is 1. The van der Waals surface area contributed by atoms with Crippen molar-refractivity contribution in [2.24, 2.45) is 0 Å². The number of benzene rings is 2. The third-order valence-electron chi connectivity index (χ3n) is 4.67. The SMILES string of the molecule is C=CCn1c(SCc2csc(-c3ccc(OC)c(OC)c3)n2)nc2ccccc2c1=O. The molecule has 0 aliphatic rings. The Morgan fingerprint density at radius 2 is 1.94 bits per heavy atom. The van der Waals surface area contributed by atoms with E-state index in [1.165, 1.54) is 11.8 Å². The van der Waals surface area contributed by atoms with Crippen LogP contribution in [-0.4, -0.2) is 28.8 Å². The summed E-state index contributed by atoms with van der Waals surface area (Å²) in [6.45, 7) is 4.18. The molecule has 0 radical (unpaired) electrons. The summed E-state index contributed by atoms with van der Waals surface area (Å²) in [5.41, 5.74) is 2.52. The van der Waals surface area contributed by atoms with Crippen LogP contribution in [0, 0.1) is 0 Å². The minimum absolute atomic E-state index is 0.0581. The van der Waals surface area contributed by atoms with Crippen molar-refractivity contribution in [3.05, 3.63) is 76.5 Å². The lowest BCUT2D eigenvalue weighted by Crippen LogP contribution is -2.22. The zero-order valence-corrected chi connectivity index (χ0v) is 18.8. The molecule has 4 aromatic rings. The molecule has 0 saturated heterocycles. The largest absolute Gasteiger partial charge is 0.493 e. The summed E-state index contributed by atoms with van der Waals surface area (Å²) in [4.78, 5) is 22.3. The quantitative estimate of drug-likeness (QED) is 0.213. The van der Waals surface area contributed by atoms with Crippen LogP contribution >= 0.6 is 23.1 Å². The molecule has 0 spiro atoms. The maximum absolute atomic E-state index is 12.9. The molecule has 0 saturated carbocycles. The van der Waals surface area contributed by atoms with Gasteiger partial charge in [-0.15, -0.1) is 17.9 Å². The summed E-state index contributed by atoms with van der Waals surface area (Å²) >= 11 is 3.06. The molecular formula is C23H21N3O3S2. The second kappa shape index (κ2) is 9.36. The predicted octanol–water partition coefficient (Wildman–Crippen LogP) is 5.02. The number of nitrogens with zero attached hydrogens (tertiary/aromatic N) is 3. The van der Waals surface area contributed by atoms with Crippen molar-refractivity contribution >= 4 is 34.0 Å². The van der Waals surface area contributed by atoms with Crippen molar-refractivity contribution in [1.82, 2.24) is 14.5 Å². The van der Waals surface area contributed by atoms with Crippen LogP contribution in [-0.2, 0) is 12.3 Å². The first-order chi connectivity index (χ1) is 15.1. The van der Waals surface area contributed by atoms with Gasteiger partial charge in [0.1, 0.15) is 5.01 Å². The number of methoxy groups -OCH3 is 2. The normalized spacial score (nSPS) is 10.9. The molecule has 0 amide bonds. The molecule has 6 nitrogen and oxygen atoms in total. The Hall–Kier alpha value is -3.10. The second-order valence-corrected chi connectivity index (χ2v) is 8.42. The molecule has 0 N–H and O–H groups in total. The molecule has 0 unspecified atom stereocenters. The number of aromatic nitrogens is 3. The van der Waals surface area contributed by atoms with Gasteiger partial charge in [-0.25, -0.2) is 9.97 Å². The molecule has 158 valence electrons. The summed E-state index contributed by atoms with van der Waals surface area (Å²) in [5, 5.41) is 4.18. The van der Waals surface area contributed by atoms with Crippen molar-refractivity contribution in [1.29, 1.82) is 0 Å². The Kier molecular flexibility index (Phi) is 6.39. The van der Waals surface area contributed by atoms with Crippen molar-refractivity contribution in [3.8, 4) is 22.1 Å². The third kappa shape index (κ3) is 4.35. The van der Waals surface area contributed by atoms with E-state index >= 15 is 0 Å². The maximum atomic E-state index is 12.9. The summed E-state index contributed by atoms with van der Waals surface area (Å²) in [5.74, 6) is 1.95. The van der Waals surface area contributed by atoms with E-state index in [9.17, 15) is 4.79 Å². The first kappa shape index (κ1) is 21.1. The minimum Gasteiger partial charge on any atom is -0.493 e. The highest BCUT2D eigenvalue weighted by Gasteiger charge is 2.13. The van der Waals surface area contributed by atoms with Gasteiger partial charge in [0.15, 0.2) is 16.7 Å². The number of rotatable bonds is 8. The zero-order valence-electron chi connectivity index (χ0n) is 17.2. The number of hydrogen-bond acceptors (Lipinski definition) is 7. The van der Waals surface area contributed by atoms with Crippen molar-refractivity contribution < 1.29 is 9.47 Å². The molecular weight excluding hydrogens is 430 g/mol. The van der Waals surface area contributed by atoms with Crippen molar-refractivity contribution in [2.75, 3.05) is 14.2 Å². The van der Waals surface area contributed by atoms with E-state index < -0.39 is 0 Å². The first-order valence-corrected chi connectivity index (χ1v) is 11.4. The van der Waals surface area contributed by atoms with Crippen LogP contribution in [0.4, 0.5) is 0 Å². The highest BCUT2D eigenvalue weighted by atomic mass is 32.2. The van der Waals surface area contributed by atoms with Crippen LogP contribution in [0.15, 0.2) is 70.5 Å². The molecule has 2 heterocycles. The standard InChI is InChI=1S/C23H21N3O3S2/c1-4-11-26-22(27)17-7-5-6-8-18(17)25-23(26)31-14-16-13-30-21(24-16)15-9-10-19(28-2)20(12-15)29-3/h4-10,12-13H,1,11,14H2,2-3H3. The maximum Gasteiger partial charge on any atom is 0.262 e. The molecule has 8 heteroatoms. The zero-order chi connectivity index (χ0) is 21.8. The molecule has 0 bridgehead atoms. The smallest absolute Gasteiger partial charge is 0.262 e. The van der Waals surface area contributed by atoms with Gasteiger partial charge in [-0.1, -0.05) is 30.0 Å². The van der Waals surface area contributed by atoms with Crippen LogP contribution in [0.5, 0.6) is 11.5 Å². The van der Waals surface area contributed by atoms with Crippen LogP contribution in [0.3, 0.4) is 0 Å². The van der Waals surface area contributed by atoms with Crippen LogP contribution in [0.25, 0.3) is 21.5 Å². The van der Waals surface area contributed by atoms with Gasteiger partial charge in [0.25, 0.3) is 5.56 Å². The molecule has 4 rings (SSSR count). The van der Waals surface area contributed by atoms with E-state index in [0.29, 0.717) is 39.9 Å². The lowest BCUT2D eigenvalue weighted by Gasteiger charge is -2.10. The van der Waals surface area contributed by atoms with Gasteiger partial charge in [-0.3, -0.25) is 9.36 Å². The fourth-order valence-electron chi connectivity index (χ4n) is 3.16. The molecule has 2 aromatic carbocycles. The first-order valence-electron chi connectivity index (χ1n) is 9.54. The van der Waals surface area contributed by atoms with Gasteiger partial charge in [0.2, 0.25) is 0 Å². The van der Waals surface area contributed by atoms with Gasteiger partial charge in [-0.2, -0.15) is 0 Å². The van der Waals surface area contributed by atoms with Gasteiger partial charge in [0, 0.05) is 23.2 Å². The number of ether oxygens (including phenoxy) is 2. The van der Waals surface area contributed by atoms with Gasteiger partial charge in [-0.05, 0) is 30.3 Å². The van der Waals surface area contributed by atoms with Gasteiger partial charge in [0.05, 0.1) is 30.8 Å². The summed E-state index contributed by atoms with van der Waals surface area (Å²) in [6, 6.07) is 13.1. The molecule has 0 aliphatic carbocycles. The number of thioether (sulfide) groups is 1. The fraction of sp³-hybridized carbons (Fsp3) is 0.174. The Bertz CT molecular complexity index is 1300. The Labute approximate surface area is 188 Å². The van der Waals surface area contributed by atoms with Crippen molar-refractivity contribution in [2.45, 2.75) is 17.5 Å². The monoisotopic (exact) mass is 451 g/mol. The average molecular weight is 452 g/mol. The van der Waals surface area contributed by atoms with E-state index in [1.54, 1.807) is 42.3 Å². The van der Waals surface area contributed by atoms with Crippen LogP contribution in [0.2, 0.25) is 0 Å². The second-order valence-electron chi connectivity index (χ2n) is 6.62. The molecule has 0 fully saturated rings. The lowest BCUT2D eigenvalue weighted by atomic mass is 10.2. The highest BCUT2D eigenvalue weighted by Crippen LogP contribution is 2.34. The van der Waals surface area contributed by atoms with Crippen LogP contribution < -0.4 is 15.0 Å². The fourth-order valence-corrected chi connectivity index (χ4v) is 4.98. The number of hydrogen-bond donors (Lipinski definition) is 0. The molecule has 2 aromatic heterocycles. The summed E-state index contributed by atoms with van der Waals surface area (Å²) in [7, 11) is 3.23. The summed E-state index contributed by atoms with van der Waals surface area (Å²) in [6.07, 6.45) is 1.71. The van der Waals surface area contributed by atoms with E-state index in [-0.39, 0.29) is 5.56 Å². The van der Waals surface area contributed by atoms with Gasteiger partial charge < -0.3 is 9.47 Å².